The molecular weight excluding hydrogens is 199 g/mol. The minimum Gasteiger partial charge on any atom is -0.343 e. The van der Waals surface area contributed by atoms with E-state index in [9.17, 15) is 9.18 Å². The van der Waals surface area contributed by atoms with Gasteiger partial charge in [0.2, 0.25) is 5.91 Å². The number of amides is 1. The molecule has 1 aliphatic heterocycles. The molecule has 0 aliphatic carbocycles. The Morgan fingerprint density at radius 2 is 2.20 bits per heavy atom. The van der Waals surface area contributed by atoms with Crippen molar-refractivity contribution >= 4 is 5.91 Å². The van der Waals surface area contributed by atoms with Crippen LogP contribution in [0, 0.1) is 5.41 Å². The molecular formula is C9H15FN4O. The van der Waals surface area contributed by atoms with Crippen molar-refractivity contribution in [1.29, 1.82) is 0 Å². The van der Waals surface area contributed by atoms with E-state index in [1.807, 2.05) is 6.92 Å². The van der Waals surface area contributed by atoms with Gasteiger partial charge in [0.1, 0.15) is 6.54 Å². The maximum absolute atomic E-state index is 12.6. The Morgan fingerprint density at radius 1 is 1.60 bits per heavy atom. The maximum atomic E-state index is 12.6. The lowest BCUT2D eigenvalue weighted by Gasteiger charge is -2.37. The van der Waals surface area contributed by atoms with E-state index in [1.165, 1.54) is 0 Å². The van der Waals surface area contributed by atoms with Crippen LogP contribution in [-0.2, 0) is 4.79 Å². The molecule has 1 saturated heterocycles. The van der Waals surface area contributed by atoms with Crippen molar-refractivity contribution in [3.8, 4) is 0 Å². The van der Waals surface area contributed by atoms with Gasteiger partial charge in [0, 0.05) is 18.0 Å². The first-order valence-corrected chi connectivity index (χ1v) is 4.96. The first kappa shape index (κ1) is 11.8. The van der Waals surface area contributed by atoms with Crippen molar-refractivity contribution in [3.05, 3.63) is 10.4 Å². The van der Waals surface area contributed by atoms with Crippen LogP contribution in [0.25, 0.3) is 10.4 Å². The minimum absolute atomic E-state index is 0.136. The van der Waals surface area contributed by atoms with Gasteiger partial charge in [-0.2, -0.15) is 0 Å². The molecule has 0 atom stereocenters. The van der Waals surface area contributed by atoms with Crippen molar-refractivity contribution in [2.24, 2.45) is 10.5 Å². The van der Waals surface area contributed by atoms with Crippen LogP contribution in [0.3, 0.4) is 0 Å². The summed E-state index contributed by atoms with van der Waals surface area (Å²) in [6, 6.07) is 0. The second-order valence-electron chi connectivity index (χ2n) is 4.21. The highest BCUT2D eigenvalue weighted by Gasteiger charge is 2.31. The molecule has 1 aliphatic rings. The van der Waals surface area contributed by atoms with E-state index < -0.39 is 0 Å². The molecule has 0 unspecified atom stereocenters. The first-order valence-electron chi connectivity index (χ1n) is 4.96. The number of hydrogen-bond donors (Lipinski definition) is 0. The number of alkyl halides is 1. The Kier molecular flexibility index (Phi) is 3.91. The fourth-order valence-corrected chi connectivity index (χ4v) is 1.62. The summed E-state index contributed by atoms with van der Waals surface area (Å²) in [7, 11) is 0. The number of carbonyl (C=O) groups excluding carboxylic acids is 1. The molecule has 0 aromatic heterocycles. The molecule has 0 spiro atoms. The van der Waals surface area contributed by atoms with Gasteiger partial charge in [0.05, 0.1) is 6.67 Å². The quantitative estimate of drug-likeness (QED) is 0.402. The summed E-state index contributed by atoms with van der Waals surface area (Å²) < 4.78 is 12.6. The van der Waals surface area contributed by atoms with E-state index in [-0.39, 0.29) is 24.5 Å². The highest BCUT2D eigenvalue weighted by Crippen LogP contribution is 2.31. The predicted molar refractivity (Wildman–Crippen MR) is 53.9 cm³/mol. The molecule has 0 aromatic rings. The number of nitrogens with zero attached hydrogens (tertiary/aromatic N) is 4. The van der Waals surface area contributed by atoms with Crippen molar-refractivity contribution in [3.63, 3.8) is 0 Å². The van der Waals surface area contributed by atoms with E-state index in [0.717, 1.165) is 0 Å². The summed E-state index contributed by atoms with van der Waals surface area (Å²) in [5.74, 6) is -0.172. The summed E-state index contributed by atoms with van der Waals surface area (Å²) in [6.07, 6.45) is 1.34. The number of carbonyl (C=O) groups is 1. The van der Waals surface area contributed by atoms with Crippen molar-refractivity contribution in [2.75, 3.05) is 26.3 Å². The van der Waals surface area contributed by atoms with Gasteiger partial charge in [-0.15, -0.1) is 0 Å². The van der Waals surface area contributed by atoms with E-state index in [2.05, 4.69) is 10.0 Å². The topological polar surface area (TPSA) is 69.1 Å². The summed E-state index contributed by atoms with van der Waals surface area (Å²) in [4.78, 5) is 15.6. The smallest absolute Gasteiger partial charge is 0.228 e. The largest absolute Gasteiger partial charge is 0.343 e. The van der Waals surface area contributed by atoms with Crippen molar-refractivity contribution in [1.82, 2.24) is 4.90 Å². The van der Waals surface area contributed by atoms with E-state index in [1.54, 1.807) is 4.90 Å². The van der Waals surface area contributed by atoms with Gasteiger partial charge in [-0.3, -0.25) is 9.18 Å². The van der Waals surface area contributed by atoms with Gasteiger partial charge in [-0.05, 0) is 23.8 Å². The fourth-order valence-electron chi connectivity index (χ4n) is 1.62. The molecule has 1 amide bonds. The summed E-state index contributed by atoms with van der Waals surface area (Å²) in [6.45, 7) is 2.52. The van der Waals surface area contributed by atoms with Gasteiger partial charge >= 0.3 is 0 Å². The molecule has 84 valence electrons. The summed E-state index contributed by atoms with van der Waals surface area (Å²) in [5.41, 5.74) is 7.79. The molecule has 1 rings (SSSR count). The van der Waals surface area contributed by atoms with E-state index in [0.29, 0.717) is 25.9 Å². The number of rotatable bonds is 3. The number of halogens is 1. The van der Waals surface area contributed by atoms with Crippen LogP contribution in [0.5, 0.6) is 0 Å². The monoisotopic (exact) mass is 214 g/mol. The third kappa shape index (κ3) is 3.09. The SMILES string of the molecule is CC1(CF)CCN(C(=O)CN=[N+]=[N-])CC1. The zero-order valence-electron chi connectivity index (χ0n) is 8.82. The average Bonchev–Trinajstić information content (AvgIpc) is 2.27. The van der Waals surface area contributed by atoms with Crippen LogP contribution in [-0.4, -0.2) is 37.1 Å². The lowest BCUT2D eigenvalue weighted by molar-refractivity contribution is -0.132. The van der Waals surface area contributed by atoms with Gasteiger partial charge in [0.25, 0.3) is 0 Å². The molecule has 0 bridgehead atoms. The van der Waals surface area contributed by atoms with Crippen LogP contribution in [0.15, 0.2) is 5.11 Å². The van der Waals surface area contributed by atoms with Crippen LogP contribution in [0.1, 0.15) is 19.8 Å². The highest BCUT2D eigenvalue weighted by atomic mass is 19.1. The Bertz CT molecular complexity index is 280. The minimum atomic E-state index is -0.342. The second-order valence-corrected chi connectivity index (χ2v) is 4.21. The molecule has 1 fully saturated rings. The fraction of sp³-hybridized carbons (Fsp3) is 0.889. The van der Waals surface area contributed by atoms with E-state index in [4.69, 9.17) is 5.53 Å². The number of piperidine rings is 1. The molecule has 0 N–H and O–H groups in total. The molecule has 6 heteroatoms. The van der Waals surface area contributed by atoms with Crippen LogP contribution < -0.4 is 0 Å². The number of likely N-dealkylation sites (tertiary alicyclic amines) is 1. The first-order chi connectivity index (χ1) is 7.11. The van der Waals surface area contributed by atoms with Gasteiger partial charge in [0.15, 0.2) is 0 Å². The zero-order chi connectivity index (χ0) is 11.3. The van der Waals surface area contributed by atoms with Crippen molar-refractivity contribution < 1.29 is 9.18 Å². The summed E-state index contributed by atoms with van der Waals surface area (Å²) >= 11 is 0. The van der Waals surface area contributed by atoms with E-state index >= 15 is 0 Å². The Balaban J connectivity index is 2.43. The standard InChI is InChI=1S/C9H15FN4O/c1-9(7-10)2-4-14(5-3-9)8(15)6-12-13-11/h2-7H2,1H3. The highest BCUT2D eigenvalue weighted by molar-refractivity contribution is 5.78. The molecule has 1 heterocycles. The van der Waals surface area contributed by atoms with Crippen LogP contribution in [0.2, 0.25) is 0 Å². The Hall–Kier alpha value is -1.29. The van der Waals surface area contributed by atoms with Gasteiger partial charge in [-0.1, -0.05) is 12.0 Å². The van der Waals surface area contributed by atoms with Crippen molar-refractivity contribution in [2.45, 2.75) is 19.8 Å². The van der Waals surface area contributed by atoms with Crippen LogP contribution in [0.4, 0.5) is 4.39 Å². The molecule has 0 saturated carbocycles. The number of azide groups is 1. The lowest BCUT2D eigenvalue weighted by Crippen LogP contribution is -2.43. The third-order valence-corrected chi connectivity index (χ3v) is 2.92. The molecule has 0 radical (unpaired) electrons. The third-order valence-electron chi connectivity index (χ3n) is 2.92. The Morgan fingerprint density at radius 3 is 2.67 bits per heavy atom. The second kappa shape index (κ2) is 4.98. The van der Waals surface area contributed by atoms with Gasteiger partial charge < -0.3 is 4.90 Å². The zero-order valence-corrected chi connectivity index (χ0v) is 8.82. The molecule has 5 nitrogen and oxygen atoms in total. The normalized spacial score (nSPS) is 19.5. The average molecular weight is 214 g/mol. The Labute approximate surface area is 87.9 Å². The number of hydrogen-bond acceptors (Lipinski definition) is 2. The molecule has 15 heavy (non-hydrogen) atoms. The molecule has 0 aromatic carbocycles. The summed E-state index contributed by atoms with van der Waals surface area (Å²) in [5, 5.41) is 3.22. The predicted octanol–water partition coefficient (Wildman–Crippen LogP) is 1.89. The lowest BCUT2D eigenvalue weighted by atomic mass is 9.82. The van der Waals surface area contributed by atoms with Gasteiger partial charge in [-0.25, -0.2) is 0 Å². The van der Waals surface area contributed by atoms with Crippen LogP contribution >= 0.6 is 0 Å². The maximum Gasteiger partial charge on any atom is 0.228 e.